The minimum Gasteiger partial charge on any atom is -0.481 e. The Bertz CT molecular complexity index is 370. The first-order chi connectivity index (χ1) is 8.83. The Morgan fingerprint density at radius 1 is 1.32 bits per heavy atom. The number of rotatable bonds is 4. The van der Waals surface area contributed by atoms with Crippen molar-refractivity contribution in [3.8, 4) is 0 Å². The summed E-state index contributed by atoms with van der Waals surface area (Å²) in [7, 11) is 0. The maximum absolute atomic E-state index is 12.3. The number of carbonyl (C=O) groups excluding carboxylic acids is 1. The van der Waals surface area contributed by atoms with Gasteiger partial charge in [-0.2, -0.15) is 0 Å². The Labute approximate surface area is 113 Å². The Morgan fingerprint density at radius 3 is 2.26 bits per heavy atom. The van der Waals surface area contributed by atoms with Crippen molar-refractivity contribution in [2.75, 3.05) is 13.1 Å². The van der Waals surface area contributed by atoms with Gasteiger partial charge in [-0.1, -0.05) is 13.8 Å². The van der Waals surface area contributed by atoms with E-state index in [9.17, 15) is 14.7 Å². The number of carboxylic acid groups (broad SMARTS) is 1. The third-order valence-electron chi connectivity index (χ3n) is 4.68. The van der Waals surface area contributed by atoms with E-state index in [0.717, 1.165) is 12.8 Å². The van der Waals surface area contributed by atoms with Gasteiger partial charge in [0.05, 0.1) is 17.6 Å². The first kappa shape index (κ1) is 14.3. The van der Waals surface area contributed by atoms with Crippen LogP contribution >= 0.6 is 0 Å². The fourth-order valence-corrected chi connectivity index (χ4v) is 2.77. The van der Waals surface area contributed by atoms with Crippen LogP contribution in [0.4, 0.5) is 0 Å². The number of nitrogens with zero attached hydrogens (tertiary/aromatic N) is 1. The van der Waals surface area contributed by atoms with E-state index in [-0.39, 0.29) is 30.5 Å². The number of ether oxygens (including phenoxy) is 1. The molecule has 2 rings (SSSR count). The van der Waals surface area contributed by atoms with Gasteiger partial charge in [-0.05, 0) is 25.7 Å². The van der Waals surface area contributed by atoms with Crippen LogP contribution in [0.25, 0.3) is 0 Å². The highest BCUT2D eigenvalue weighted by molar-refractivity contribution is 5.85. The SMILES string of the molecule is CC(C)C(C)(CC(=O)N1CC2CCC(C1)O2)C(=O)O. The van der Waals surface area contributed by atoms with Gasteiger partial charge in [0.2, 0.25) is 5.91 Å². The van der Waals surface area contributed by atoms with Crippen LogP contribution in [0.5, 0.6) is 0 Å². The molecule has 19 heavy (non-hydrogen) atoms. The van der Waals surface area contributed by atoms with Crippen LogP contribution in [-0.4, -0.2) is 47.2 Å². The molecule has 0 aromatic heterocycles. The summed E-state index contributed by atoms with van der Waals surface area (Å²) in [6, 6.07) is 0. The molecule has 5 nitrogen and oxygen atoms in total. The topological polar surface area (TPSA) is 66.8 Å². The van der Waals surface area contributed by atoms with E-state index in [0.29, 0.717) is 13.1 Å². The highest BCUT2D eigenvalue weighted by atomic mass is 16.5. The van der Waals surface area contributed by atoms with Gasteiger partial charge in [0.25, 0.3) is 0 Å². The Hall–Kier alpha value is -1.10. The smallest absolute Gasteiger partial charge is 0.310 e. The largest absolute Gasteiger partial charge is 0.481 e. The highest BCUT2D eigenvalue weighted by Gasteiger charge is 2.42. The van der Waals surface area contributed by atoms with Gasteiger partial charge >= 0.3 is 5.97 Å². The molecule has 2 saturated heterocycles. The highest BCUT2D eigenvalue weighted by Crippen LogP contribution is 2.33. The summed E-state index contributed by atoms with van der Waals surface area (Å²) < 4.78 is 5.69. The summed E-state index contributed by atoms with van der Waals surface area (Å²) >= 11 is 0. The molecule has 0 radical (unpaired) electrons. The quantitative estimate of drug-likeness (QED) is 0.840. The number of likely N-dealkylation sites (tertiary alicyclic amines) is 1. The molecule has 0 aliphatic carbocycles. The summed E-state index contributed by atoms with van der Waals surface area (Å²) in [4.78, 5) is 25.6. The molecule has 2 aliphatic rings. The summed E-state index contributed by atoms with van der Waals surface area (Å²) in [6.07, 6.45) is 2.39. The predicted octanol–water partition coefficient (Wildman–Crippen LogP) is 1.51. The molecule has 2 fully saturated rings. The van der Waals surface area contributed by atoms with Crippen molar-refractivity contribution in [2.45, 2.75) is 52.2 Å². The van der Waals surface area contributed by atoms with E-state index < -0.39 is 11.4 Å². The van der Waals surface area contributed by atoms with Crippen molar-refractivity contribution in [1.82, 2.24) is 4.90 Å². The maximum atomic E-state index is 12.3. The number of amides is 1. The number of hydrogen-bond acceptors (Lipinski definition) is 3. The van der Waals surface area contributed by atoms with Crippen LogP contribution in [0, 0.1) is 11.3 Å². The van der Waals surface area contributed by atoms with Gasteiger partial charge in [-0.25, -0.2) is 0 Å². The van der Waals surface area contributed by atoms with Gasteiger partial charge in [0.15, 0.2) is 0 Å². The molecule has 2 heterocycles. The molecule has 0 saturated carbocycles. The first-order valence-corrected chi connectivity index (χ1v) is 6.99. The Morgan fingerprint density at radius 2 is 1.84 bits per heavy atom. The molecule has 2 aliphatic heterocycles. The zero-order valence-electron chi connectivity index (χ0n) is 11.9. The Balaban J connectivity index is 2.02. The number of carboxylic acids is 1. The molecule has 108 valence electrons. The van der Waals surface area contributed by atoms with Crippen molar-refractivity contribution < 1.29 is 19.4 Å². The van der Waals surface area contributed by atoms with Crippen LogP contribution in [0.2, 0.25) is 0 Å². The van der Waals surface area contributed by atoms with Gasteiger partial charge in [-0.15, -0.1) is 0 Å². The summed E-state index contributed by atoms with van der Waals surface area (Å²) in [5.74, 6) is -1.03. The second-order valence-electron chi connectivity index (χ2n) is 6.31. The zero-order chi connectivity index (χ0) is 14.2. The lowest BCUT2D eigenvalue weighted by Crippen LogP contribution is -2.48. The van der Waals surface area contributed by atoms with E-state index in [1.54, 1.807) is 11.8 Å². The molecule has 0 spiro atoms. The van der Waals surface area contributed by atoms with Gasteiger partial charge in [0.1, 0.15) is 0 Å². The second-order valence-corrected chi connectivity index (χ2v) is 6.31. The minimum absolute atomic E-state index is 0.0567. The molecule has 3 atom stereocenters. The second kappa shape index (κ2) is 5.12. The average Bonchev–Trinajstić information content (AvgIpc) is 2.67. The fraction of sp³-hybridized carbons (Fsp3) is 0.857. The van der Waals surface area contributed by atoms with Gasteiger partial charge < -0.3 is 14.7 Å². The fourth-order valence-electron chi connectivity index (χ4n) is 2.77. The molecule has 1 N–H and O–H groups in total. The molecule has 0 aromatic carbocycles. The summed E-state index contributed by atoms with van der Waals surface area (Å²) in [5, 5.41) is 9.37. The molecule has 5 heteroatoms. The van der Waals surface area contributed by atoms with Crippen molar-refractivity contribution >= 4 is 11.9 Å². The van der Waals surface area contributed by atoms with Crippen molar-refractivity contribution in [2.24, 2.45) is 11.3 Å². The normalized spacial score (nSPS) is 29.4. The molecular formula is C14H23NO4. The predicted molar refractivity (Wildman–Crippen MR) is 69.7 cm³/mol. The molecular weight excluding hydrogens is 246 g/mol. The van der Waals surface area contributed by atoms with Crippen molar-refractivity contribution in [3.63, 3.8) is 0 Å². The number of hydrogen-bond donors (Lipinski definition) is 1. The molecule has 2 bridgehead atoms. The minimum atomic E-state index is -0.992. The third-order valence-corrected chi connectivity index (χ3v) is 4.68. The summed E-state index contributed by atoms with van der Waals surface area (Å²) in [6.45, 7) is 6.59. The number of carbonyl (C=O) groups is 2. The van der Waals surface area contributed by atoms with Crippen LogP contribution in [-0.2, 0) is 14.3 Å². The maximum Gasteiger partial charge on any atom is 0.310 e. The van der Waals surface area contributed by atoms with Crippen molar-refractivity contribution in [3.05, 3.63) is 0 Å². The number of aliphatic carboxylic acids is 1. The zero-order valence-corrected chi connectivity index (χ0v) is 11.9. The standard InChI is InChI=1S/C14H23NO4/c1-9(2)14(3,13(17)18)6-12(16)15-7-10-4-5-11(8-15)19-10/h9-11H,4-8H2,1-3H3,(H,17,18). The van der Waals surface area contributed by atoms with E-state index in [2.05, 4.69) is 0 Å². The monoisotopic (exact) mass is 269 g/mol. The van der Waals surface area contributed by atoms with Gasteiger partial charge in [0, 0.05) is 19.5 Å². The lowest BCUT2D eigenvalue weighted by atomic mass is 9.76. The van der Waals surface area contributed by atoms with E-state index in [1.807, 2.05) is 13.8 Å². The van der Waals surface area contributed by atoms with Crippen molar-refractivity contribution in [1.29, 1.82) is 0 Å². The third kappa shape index (κ3) is 2.76. The molecule has 1 amide bonds. The summed E-state index contributed by atoms with van der Waals surface area (Å²) in [5.41, 5.74) is -0.992. The molecule has 3 unspecified atom stereocenters. The number of fused-ring (bicyclic) bond motifs is 2. The van der Waals surface area contributed by atoms with E-state index in [4.69, 9.17) is 4.74 Å². The van der Waals surface area contributed by atoms with Crippen LogP contribution in [0.3, 0.4) is 0 Å². The Kier molecular flexibility index (Phi) is 3.85. The lowest BCUT2D eigenvalue weighted by molar-refractivity contribution is -0.157. The number of morpholine rings is 1. The first-order valence-electron chi connectivity index (χ1n) is 6.99. The van der Waals surface area contributed by atoms with Crippen LogP contribution in [0.15, 0.2) is 0 Å². The van der Waals surface area contributed by atoms with Crippen LogP contribution < -0.4 is 0 Å². The van der Waals surface area contributed by atoms with Gasteiger partial charge in [-0.3, -0.25) is 9.59 Å². The van der Waals surface area contributed by atoms with E-state index >= 15 is 0 Å². The lowest BCUT2D eigenvalue weighted by Gasteiger charge is -2.35. The average molecular weight is 269 g/mol. The molecule has 0 aromatic rings. The van der Waals surface area contributed by atoms with Crippen LogP contribution in [0.1, 0.15) is 40.0 Å². The van der Waals surface area contributed by atoms with E-state index in [1.165, 1.54) is 0 Å².